The Morgan fingerprint density at radius 1 is 1.64 bits per heavy atom. The Morgan fingerprint density at radius 2 is 2.29 bits per heavy atom. The number of rotatable bonds is 3. The fourth-order valence-electron chi connectivity index (χ4n) is 1.07. The van der Waals surface area contributed by atoms with E-state index in [9.17, 15) is 5.11 Å². The van der Waals surface area contributed by atoms with Crippen LogP contribution in [-0.4, -0.2) is 34.8 Å². The van der Waals surface area contributed by atoms with E-state index in [1.165, 1.54) is 0 Å². The van der Waals surface area contributed by atoms with Gasteiger partial charge < -0.3 is 15.7 Å². The first kappa shape index (κ1) is 11.2. The maximum Gasteiger partial charge on any atom is 0.228 e. The van der Waals surface area contributed by atoms with Crippen LogP contribution in [0.1, 0.15) is 6.92 Å². The molecule has 0 spiro atoms. The van der Waals surface area contributed by atoms with Crippen molar-refractivity contribution in [3.63, 3.8) is 0 Å². The molecule has 0 aromatic carbocycles. The van der Waals surface area contributed by atoms with Crippen LogP contribution in [0, 0.1) is 0 Å². The molecule has 0 saturated carbocycles. The Morgan fingerprint density at radius 3 is 2.79 bits per heavy atom. The van der Waals surface area contributed by atoms with Gasteiger partial charge in [0, 0.05) is 19.7 Å². The third-order valence-corrected chi connectivity index (χ3v) is 1.99. The molecular formula is C8H13BrN4O. The SMILES string of the molecule is CC(O)CN(C)c1nc(N)cc(Br)n1. The van der Waals surface area contributed by atoms with Gasteiger partial charge in [-0.3, -0.25) is 0 Å². The predicted molar refractivity (Wildman–Crippen MR) is 59.1 cm³/mol. The van der Waals surface area contributed by atoms with Gasteiger partial charge in [0.25, 0.3) is 0 Å². The molecule has 0 bridgehead atoms. The Labute approximate surface area is 91.1 Å². The van der Waals surface area contributed by atoms with Crippen molar-refractivity contribution < 1.29 is 5.11 Å². The van der Waals surface area contributed by atoms with Crippen molar-refractivity contribution in [3.8, 4) is 0 Å². The highest BCUT2D eigenvalue weighted by Gasteiger charge is 2.08. The molecule has 1 aromatic heterocycles. The lowest BCUT2D eigenvalue weighted by Gasteiger charge is -2.18. The summed E-state index contributed by atoms with van der Waals surface area (Å²) in [6.45, 7) is 2.17. The van der Waals surface area contributed by atoms with Gasteiger partial charge in [-0.25, -0.2) is 4.98 Å². The van der Waals surface area contributed by atoms with Crippen LogP contribution in [0.3, 0.4) is 0 Å². The summed E-state index contributed by atoms with van der Waals surface area (Å²) in [7, 11) is 1.80. The number of nitrogens with zero attached hydrogens (tertiary/aromatic N) is 3. The van der Waals surface area contributed by atoms with Gasteiger partial charge in [0.05, 0.1) is 6.10 Å². The Kier molecular flexibility index (Phi) is 3.65. The molecule has 78 valence electrons. The summed E-state index contributed by atoms with van der Waals surface area (Å²) in [6, 6.07) is 1.62. The molecule has 1 unspecified atom stereocenters. The normalized spacial score (nSPS) is 12.6. The number of hydrogen-bond donors (Lipinski definition) is 2. The first-order valence-electron chi connectivity index (χ1n) is 4.18. The first-order chi connectivity index (χ1) is 6.49. The van der Waals surface area contributed by atoms with Gasteiger partial charge >= 0.3 is 0 Å². The molecule has 1 aromatic rings. The highest BCUT2D eigenvalue weighted by Crippen LogP contribution is 2.14. The molecule has 0 aliphatic carbocycles. The van der Waals surface area contributed by atoms with Crippen molar-refractivity contribution in [1.82, 2.24) is 9.97 Å². The van der Waals surface area contributed by atoms with Crippen molar-refractivity contribution in [2.45, 2.75) is 13.0 Å². The average molecular weight is 261 g/mol. The van der Waals surface area contributed by atoms with Crippen LogP contribution in [0.2, 0.25) is 0 Å². The van der Waals surface area contributed by atoms with Crippen LogP contribution >= 0.6 is 15.9 Å². The summed E-state index contributed by atoms with van der Waals surface area (Å²) in [4.78, 5) is 9.91. The summed E-state index contributed by atoms with van der Waals surface area (Å²) < 4.78 is 0.637. The molecule has 1 heterocycles. The highest BCUT2D eigenvalue weighted by molar-refractivity contribution is 9.10. The number of likely N-dealkylation sites (N-methyl/N-ethyl adjacent to an activating group) is 1. The summed E-state index contributed by atoms with van der Waals surface area (Å²) >= 11 is 3.23. The topological polar surface area (TPSA) is 75.3 Å². The summed E-state index contributed by atoms with van der Waals surface area (Å²) in [6.07, 6.45) is -0.427. The van der Waals surface area contributed by atoms with E-state index in [2.05, 4.69) is 25.9 Å². The van der Waals surface area contributed by atoms with Crippen LogP contribution in [0.25, 0.3) is 0 Å². The molecule has 3 N–H and O–H groups in total. The summed E-state index contributed by atoms with van der Waals surface area (Å²) in [5.74, 6) is 0.900. The van der Waals surface area contributed by atoms with Crippen molar-refractivity contribution in [2.24, 2.45) is 0 Å². The smallest absolute Gasteiger partial charge is 0.228 e. The number of nitrogen functional groups attached to an aromatic ring is 1. The Balaban J connectivity index is 2.84. The molecule has 6 heteroatoms. The molecule has 1 atom stereocenters. The molecule has 1 rings (SSSR count). The van der Waals surface area contributed by atoms with Gasteiger partial charge in [-0.05, 0) is 22.9 Å². The zero-order valence-corrected chi connectivity index (χ0v) is 9.69. The summed E-state index contributed by atoms with van der Waals surface area (Å²) in [5.41, 5.74) is 5.56. The number of aliphatic hydroxyl groups excluding tert-OH is 1. The quantitative estimate of drug-likeness (QED) is 0.781. The highest BCUT2D eigenvalue weighted by atomic mass is 79.9. The number of aliphatic hydroxyl groups is 1. The number of anilines is 2. The van der Waals surface area contributed by atoms with E-state index in [0.717, 1.165) is 0 Å². The van der Waals surface area contributed by atoms with E-state index in [4.69, 9.17) is 5.73 Å². The van der Waals surface area contributed by atoms with Crippen LogP contribution in [0.5, 0.6) is 0 Å². The second-order valence-electron chi connectivity index (χ2n) is 3.15. The number of nitrogens with two attached hydrogens (primary N) is 1. The fourth-order valence-corrected chi connectivity index (χ4v) is 1.46. The minimum absolute atomic E-state index is 0.402. The Hall–Kier alpha value is -0.880. The monoisotopic (exact) mass is 260 g/mol. The van der Waals surface area contributed by atoms with Gasteiger partial charge in [0.1, 0.15) is 10.4 Å². The van der Waals surface area contributed by atoms with Gasteiger partial charge in [-0.1, -0.05) is 0 Å². The van der Waals surface area contributed by atoms with Crippen LogP contribution in [0.15, 0.2) is 10.7 Å². The van der Waals surface area contributed by atoms with E-state index in [0.29, 0.717) is 22.9 Å². The second-order valence-corrected chi connectivity index (χ2v) is 3.96. The van der Waals surface area contributed by atoms with Gasteiger partial charge in [0.15, 0.2) is 0 Å². The average Bonchev–Trinajstić information content (AvgIpc) is 2.00. The molecule has 0 aliphatic heterocycles. The molecule has 0 saturated heterocycles. The van der Waals surface area contributed by atoms with E-state index in [-0.39, 0.29) is 0 Å². The van der Waals surface area contributed by atoms with E-state index in [1.54, 1.807) is 24.9 Å². The second kappa shape index (κ2) is 4.56. The molecule has 0 fully saturated rings. The van der Waals surface area contributed by atoms with Crippen LogP contribution in [-0.2, 0) is 0 Å². The molecule has 5 nitrogen and oxygen atoms in total. The lowest BCUT2D eigenvalue weighted by Crippen LogP contribution is -2.28. The number of halogens is 1. The van der Waals surface area contributed by atoms with Crippen molar-refractivity contribution in [2.75, 3.05) is 24.2 Å². The molecular weight excluding hydrogens is 248 g/mol. The minimum atomic E-state index is -0.427. The van der Waals surface area contributed by atoms with Crippen LogP contribution in [0.4, 0.5) is 11.8 Å². The zero-order chi connectivity index (χ0) is 10.7. The molecule has 0 radical (unpaired) electrons. The maximum atomic E-state index is 9.18. The largest absolute Gasteiger partial charge is 0.392 e. The third kappa shape index (κ3) is 3.12. The number of aromatic nitrogens is 2. The lowest BCUT2D eigenvalue weighted by molar-refractivity contribution is 0.201. The fraction of sp³-hybridized carbons (Fsp3) is 0.500. The van der Waals surface area contributed by atoms with Gasteiger partial charge in [-0.2, -0.15) is 4.98 Å². The molecule has 0 amide bonds. The van der Waals surface area contributed by atoms with Gasteiger partial charge in [0.2, 0.25) is 5.95 Å². The molecule has 0 aliphatic rings. The third-order valence-electron chi connectivity index (χ3n) is 1.58. The predicted octanol–water partition coefficient (Wildman–Crippen LogP) is 0.638. The van der Waals surface area contributed by atoms with Gasteiger partial charge in [-0.15, -0.1) is 0 Å². The standard InChI is InChI=1S/C8H13BrN4O/c1-5(14)4-13(2)8-11-6(9)3-7(10)12-8/h3,5,14H,4H2,1-2H3,(H2,10,11,12). The number of hydrogen-bond acceptors (Lipinski definition) is 5. The van der Waals surface area contributed by atoms with Crippen molar-refractivity contribution in [3.05, 3.63) is 10.7 Å². The summed E-state index contributed by atoms with van der Waals surface area (Å²) in [5, 5.41) is 9.18. The zero-order valence-electron chi connectivity index (χ0n) is 8.11. The van der Waals surface area contributed by atoms with E-state index in [1.807, 2.05) is 0 Å². The first-order valence-corrected chi connectivity index (χ1v) is 4.97. The van der Waals surface area contributed by atoms with Crippen molar-refractivity contribution in [1.29, 1.82) is 0 Å². The maximum absolute atomic E-state index is 9.18. The van der Waals surface area contributed by atoms with E-state index >= 15 is 0 Å². The van der Waals surface area contributed by atoms with Crippen molar-refractivity contribution >= 4 is 27.7 Å². The Bertz CT molecular complexity index is 298. The lowest BCUT2D eigenvalue weighted by atomic mass is 10.4. The van der Waals surface area contributed by atoms with E-state index < -0.39 is 6.10 Å². The molecule has 14 heavy (non-hydrogen) atoms. The minimum Gasteiger partial charge on any atom is -0.392 e. The van der Waals surface area contributed by atoms with Crippen LogP contribution < -0.4 is 10.6 Å².